The first-order valence-corrected chi connectivity index (χ1v) is 8.43. The Morgan fingerprint density at radius 3 is 2.89 bits per heavy atom. The molecule has 0 aliphatic carbocycles. The third kappa shape index (κ3) is 2.93. The van der Waals surface area contributed by atoms with Crippen molar-refractivity contribution in [3.8, 4) is 0 Å². The van der Waals surface area contributed by atoms with E-state index in [4.69, 9.17) is 0 Å². The fraction of sp³-hybridized carbons (Fsp3) is 0.500. The molecule has 1 N–H and O–H groups in total. The zero-order chi connectivity index (χ0) is 13.2. The molecule has 0 aromatic heterocycles. The number of rotatable bonds is 3. The summed E-state index contributed by atoms with van der Waals surface area (Å²) in [5, 5.41) is 10.2. The lowest BCUT2D eigenvalue weighted by molar-refractivity contribution is 0.108. The van der Waals surface area contributed by atoms with E-state index in [1.807, 2.05) is 6.07 Å². The van der Waals surface area contributed by atoms with Gasteiger partial charge in [0.2, 0.25) is 10.0 Å². The maximum atomic E-state index is 12.4. The lowest BCUT2D eigenvalue weighted by Gasteiger charge is -2.29. The molecule has 2 rings (SSSR count). The van der Waals surface area contributed by atoms with Crippen LogP contribution >= 0.6 is 15.9 Å². The van der Waals surface area contributed by atoms with Gasteiger partial charge in [-0.05, 0) is 30.5 Å². The smallest absolute Gasteiger partial charge is 0.243 e. The highest BCUT2D eigenvalue weighted by Gasteiger charge is 2.29. The van der Waals surface area contributed by atoms with Crippen molar-refractivity contribution < 1.29 is 13.5 Å². The van der Waals surface area contributed by atoms with E-state index in [2.05, 4.69) is 15.9 Å². The number of piperidine rings is 1. The summed E-state index contributed by atoms with van der Waals surface area (Å²) < 4.78 is 26.2. The number of aliphatic hydroxyl groups is 1. The molecular formula is C12H16BrNO3S. The van der Waals surface area contributed by atoms with Crippen LogP contribution in [0.1, 0.15) is 18.4 Å². The van der Waals surface area contributed by atoms with Crippen LogP contribution in [0.4, 0.5) is 0 Å². The number of hydrogen-bond acceptors (Lipinski definition) is 3. The van der Waals surface area contributed by atoms with Crippen LogP contribution in [0.25, 0.3) is 0 Å². The third-order valence-electron chi connectivity index (χ3n) is 3.05. The summed E-state index contributed by atoms with van der Waals surface area (Å²) in [6, 6.07) is 6.89. The van der Waals surface area contributed by atoms with E-state index < -0.39 is 16.1 Å². The van der Waals surface area contributed by atoms with Crippen LogP contribution in [0.5, 0.6) is 0 Å². The molecule has 1 heterocycles. The van der Waals surface area contributed by atoms with Crippen LogP contribution in [0, 0.1) is 0 Å². The van der Waals surface area contributed by atoms with Gasteiger partial charge in [-0.2, -0.15) is 4.31 Å². The number of nitrogens with zero attached hydrogens (tertiary/aromatic N) is 1. The van der Waals surface area contributed by atoms with Gasteiger partial charge >= 0.3 is 0 Å². The number of β-amino-alcohol motifs (C(OH)–C–C–N with tert-alkyl or cyclic N) is 1. The second kappa shape index (κ2) is 5.69. The van der Waals surface area contributed by atoms with Crippen LogP contribution in [-0.4, -0.2) is 37.0 Å². The van der Waals surface area contributed by atoms with Gasteiger partial charge in [0.15, 0.2) is 0 Å². The third-order valence-corrected chi connectivity index (χ3v) is 5.56. The quantitative estimate of drug-likeness (QED) is 0.857. The molecule has 0 bridgehead atoms. The Labute approximate surface area is 116 Å². The highest BCUT2D eigenvalue weighted by molar-refractivity contribution is 9.08. The SMILES string of the molecule is O=S(=O)(c1cccc(CBr)c1)N1CCC[C@@H](O)C1. The Kier molecular flexibility index (Phi) is 4.42. The van der Waals surface area contributed by atoms with Gasteiger partial charge in [0, 0.05) is 18.4 Å². The monoisotopic (exact) mass is 333 g/mol. The van der Waals surface area contributed by atoms with E-state index >= 15 is 0 Å². The minimum Gasteiger partial charge on any atom is -0.392 e. The van der Waals surface area contributed by atoms with Gasteiger partial charge in [0.25, 0.3) is 0 Å². The minimum atomic E-state index is -3.48. The molecule has 0 radical (unpaired) electrons. The van der Waals surface area contributed by atoms with E-state index in [9.17, 15) is 13.5 Å². The second-order valence-corrected chi connectivity index (χ2v) is 6.94. The van der Waals surface area contributed by atoms with E-state index in [0.29, 0.717) is 29.6 Å². The number of sulfonamides is 1. The van der Waals surface area contributed by atoms with Crippen molar-refractivity contribution in [2.24, 2.45) is 0 Å². The summed E-state index contributed by atoms with van der Waals surface area (Å²) in [4.78, 5) is 0.300. The first-order chi connectivity index (χ1) is 8.54. The van der Waals surface area contributed by atoms with E-state index in [-0.39, 0.29) is 6.54 Å². The van der Waals surface area contributed by atoms with Crippen molar-refractivity contribution in [3.63, 3.8) is 0 Å². The van der Waals surface area contributed by atoms with Gasteiger partial charge in [0.1, 0.15) is 0 Å². The molecule has 1 aromatic carbocycles. The Morgan fingerprint density at radius 2 is 2.22 bits per heavy atom. The molecule has 1 fully saturated rings. The largest absolute Gasteiger partial charge is 0.392 e. The van der Waals surface area contributed by atoms with Gasteiger partial charge in [-0.25, -0.2) is 8.42 Å². The molecule has 1 atom stereocenters. The summed E-state index contributed by atoms with van der Waals surface area (Å²) in [7, 11) is -3.48. The van der Waals surface area contributed by atoms with Crippen LogP contribution in [0.2, 0.25) is 0 Å². The van der Waals surface area contributed by atoms with E-state index in [1.54, 1.807) is 18.2 Å². The van der Waals surface area contributed by atoms with Crippen LogP contribution in [0.15, 0.2) is 29.2 Å². The first-order valence-electron chi connectivity index (χ1n) is 5.87. The standard InChI is InChI=1S/C12H16BrNO3S/c13-8-10-3-1-5-12(7-10)18(16,17)14-6-2-4-11(15)9-14/h1,3,5,7,11,15H,2,4,6,8-9H2/t11-/m1/s1. The highest BCUT2D eigenvalue weighted by atomic mass is 79.9. The Balaban J connectivity index is 2.29. The number of alkyl halides is 1. The topological polar surface area (TPSA) is 57.6 Å². The van der Waals surface area contributed by atoms with E-state index in [1.165, 1.54) is 4.31 Å². The molecule has 18 heavy (non-hydrogen) atoms. The molecule has 0 spiro atoms. The molecule has 0 saturated carbocycles. The molecule has 1 aliphatic heterocycles. The van der Waals surface area contributed by atoms with Crippen LogP contribution in [-0.2, 0) is 15.4 Å². The van der Waals surface area contributed by atoms with Gasteiger partial charge in [0.05, 0.1) is 11.0 Å². The molecule has 1 aromatic rings. The van der Waals surface area contributed by atoms with Gasteiger partial charge in [-0.1, -0.05) is 28.1 Å². The molecule has 100 valence electrons. The van der Waals surface area contributed by atoms with Crippen LogP contribution < -0.4 is 0 Å². The Hall–Kier alpha value is -0.430. The van der Waals surface area contributed by atoms with Gasteiger partial charge in [-0.15, -0.1) is 0 Å². The predicted octanol–water partition coefficient (Wildman–Crippen LogP) is 1.73. The predicted molar refractivity (Wildman–Crippen MR) is 73.1 cm³/mol. The number of hydrogen-bond donors (Lipinski definition) is 1. The number of halogens is 1. The molecule has 6 heteroatoms. The number of benzene rings is 1. The summed E-state index contributed by atoms with van der Waals surface area (Å²) in [5.74, 6) is 0. The van der Waals surface area contributed by atoms with E-state index in [0.717, 1.165) is 5.56 Å². The van der Waals surface area contributed by atoms with Crippen molar-refractivity contribution in [2.75, 3.05) is 13.1 Å². The first kappa shape index (κ1) is 14.0. The zero-order valence-electron chi connectivity index (χ0n) is 9.92. The molecule has 1 saturated heterocycles. The Morgan fingerprint density at radius 1 is 1.44 bits per heavy atom. The summed E-state index contributed by atoms with van der Waals surface area (Å²) >= 11 is 3.32. The van der Waals surface area contributed by atoms with Crippen molar-refractivity contribution in [1.82, 2.24) is 4.31 Å². The normalized spacial score (nSPS) is 22.0. The highest BCUT2D eigenvalue weighted by Crippen LogP contribution is 2.22. The second-order valence-electron chi connectivity index (χ2n) is 4.44. The number of aliphatic hydroxyl groups excluding tert-OH is 1. The molecule has 4 nitrogen and oxygen atoms in total. The van der Waals surface area contributed by atoms with Gasteiger partial charge in [-0.3, -0.25) is 0 Å². The minimum absolute atomic E-state index is 0.195. The maximum Gasteiger partial charge on any atom is 0.243 e. The summed E-state index contributed by atoms with van der Waals surface area (Å²) in [5.41, 5.74) is 0.925. The fourth-order valence-electron chi connectivity index (χ4n) is 2.08. The fourth-order valence-corrected chi connectivity index (χ4v) is 4.01. The van der Waals surface area contributed by atoms with Crippen molar-refractivity contribution >= 4 is 26.0 Å². The van der Waals surface area contributed by atoms with Crippen LogP contribution in [0.3, 0.4) is 0 Å². The lowest BCUT2D eigenvalue weighted by Crippen LogP contribution is -2.42. The van der Waals surface area contributed by atoms with Crippen molar-refractivity contribution in [2.45, 2.75) is 29.2 Å². The van der Waals surface area contributed by atoms with Crippen molar-refractivity contribution in [1.29, 1.82) is 0 Å². The lowest BCUT2D eigenvalue weighted by atomic mass is 10.1. The van der Waals surface area contributed by atoms with Gasteiger partial charge < -0.3 is 5.11 Å². The molecule has 0 amide bonds. The Bertz CT molecular complexity index is 518. The molecule has 0 unspecified atom stereocenters. The average molecular weight is 334 g/mol. The summed E-state index contributed by atoms with van der Waals surface area (Å²) in [6.45, 7) is 0.679. The molecule has 1 aliphatic rings. The maximum absolute atomic E-state index is 12.4. The molecular weight excluding hydrogens is 318 g/mol. The summed E-state index contributed by atoms with van der Waals surface area (Å²) in [6.07, 6.45) is 0.833. The average Bonchev–Trinajstić information content (AvgIpc) is 2.39. The van der Waals surface area contributed by atoms with Crippen molar-refractivity contribution in [3.05, 3.63) is 29.8 Å². The zero-order valence-corrected chi connectivity index (χ0v) is 12.3.